The van der Waals surface area contributed by atoms with Crippen LogP contribution in [0.4, 0.5) is 0 Å². The van der Waals surface area contributed by atoms with Gasteiger partial charge in [0.25, 0.3) is 0 Å². The van der Waals surface area contributed by atoms with Gasteiger partial charge in [-0.05, 0) is 48.5 Å². The van der Waals surface area contributed by atoms with Crippen LogP contribution in [0.25, 0.3) is 0 Å². The van der Waals surface area contributed by atoms with Crippen LogP contribution in [0.15, 0.2) is 23.0 Å². The Morgan fingerprint density at radius 3 is 2.67 bits per heavy atom. The molecule has 4 nitrogen and oxygen atoms in total. The van der Waals surface area contributed by atoms with Gasteiger partial charge in [0.1, 0.15) is 11.9 Å². The Balaban J connectivity index is 1.72. The molecule has 3 fully saturated rings. The van der Waals surface area contributed by atoms with Crippen molar-refractivity contribution in [1.29, 1.82) is 0 Å². The maximum atomic E-state index is 12.7. The van der Waals surface area contributed by atoms with E-state index in [2.05, 4.69) is 20.8 Å². The van der Waals surface area contributed by atoms with Gasteiger partial charge in [-0.25, -0.2) is 0 Å². The number of furan rings is 1. The number of cyclic esters (lactones) is 1. The van der Waals surface area contributed by atoms with E-state index in [1.165, 1.54) is 0 Å². The number of rotatable bonds is 1. The minimum absolute atomic E-state index is 0.000844. The predicted octanol–water partition coefficient (Wildman–Crippen LogP) is 4.31. The topological polar surface area (TPSA) is 56.5 Å². The van der Waals surface area contributed by atoms with Crippen molar-refractivity contribution in [2.75, 3.05) is 0 Å². The molecule has 0 aromatic carbocycles. The molecule has 2 aliphatic carbocycles. The van der Waals surface area contributed by atoms with Crippen LogP contribution in [-0.2, 0) is 14.3 Å². The van der Waals surface area contributed by atoms with Crippen molar-refractivity contribution in [1.82, 2.24) is 0 Å². The molecule has 2 heterocycles. The lowest BCUT2D eigenvalue weighted by atomic mass is 9.44. The number of esters is 1. The van der Waals surface area contributed by atoms with Crippen LogP contribution in [-0.4, -0.2) is 11.8 Å². The summed E-state index contributed by atoms with van der Waals surface area (Å²) in [5.41, 5.74) is 0.827. The summed E-state index contributed by atoms with van der Waals surface area (Å²) >= 11 is 0. The van der Waals surface area contributed by atoms with Crippen LogP contribution in [0.2, 0.25) is 0 Å². The number of hydrogen-bond acceptors (Lipinski definition) is 4. The van der Waals surface area contributed by atoms with Gasteiger partial charge in [-0.1, -0.05) is 20.8 Å². The van der Waals surface area contributed by atoms with Gasteiger partial charge in [-0.3, -0.25) is 9.59 Å². The fraction of sp³-hybridized carbons (Fsp3) is 0.700. The maximum Gasteiger partial charge on any atom is 0.310 e. The molecule has 3 aliphatic rings. The van der Waals surface area contributed by atoms with Crippen LogP contribution in [0.3, 0.4) is 0 Å². The smallest absolute Gasteiger partial charge is 0.310 e. The van der Waals surface area contributed by atoms with Gasteiger partial charge in [0.15, 0.2) is 0 Å². The zero-order chi connectivity index (χ0) is 17.1. The molecule has 0 bridgehead atoms. The number of carbonyl (C=O) groups excluding carboxylic acids is 2. The molecule has 1 saturated heterocycles. The van der Waals surface area contributed by atoms with E-state index < -0.39 is 0 Å². The second kappa shape index (κ2) is 5.21. The van der Waals surface area contributed by atoms with E-state index in [1.54, 1.807) is 12.5 Å². The summed E-state index contributed by atoms with van der Waals surface area (Å²) in [6.45, 7) is 6.62. The van der Waals surface area contributed by atoms with Crippen LogP contribution in [0, 0.1) is 28.6 Å². The van der Waals surface area contributed by atoms with Crippen LogP contribution >= 0.6 is 0 Å². The molecule has 24 heavy (non-hydrogen) atoms. The number of ether oxygens (including phenoxy) is 1. The second-order valence-electron chi connectivity index (χ2n) is 8.57. The maximum absolute atomic E-state index is 12.7. The van der Waals surface area contributed by atoms with Crippen molar-refractivity contribution in [3.8, 4) is 0 Å². The molecule has 4 rings (SSSR count). The molecule has 1 aromatic heterocycles. The van der Waals surface area contributed by atoms with E-state index in [9.17, 15) is 9.59 Å². The van der Waals surface area contributed by atoms with Crippen LogP contribution in [0.5, 0.6) is 0 Å². The average molecular weight is 330 g/mol. The van der Waals surface area contributed by atoms with Crippen LogP contribution < -0.4 is 0 Å². The zero-order valence-corrected chi connectivity index (χ0v) is 14.7. The Bertz CT molecular complexity index is 663. The van der Waals surface area contributed by atoms with Crippen molar-refractivity contribution in [3.63, 3.8) is 0 Å². The summed E-state index contributed by atoms with van der Waals surface area (Å²) in [6.07, 6.45) is 7.22. The molecular formula is C20H26O4. The van der Waals surface area contributed by atoms with Crippen molar-refractivity contribution in [2.45, 2.75) is 59.0 Å². The Morgan fingerprint density at radius 1 is 1.17 bits per heavy atom. The fourth-order valence-electron chi connectivity index (χ4n) is 5.98. The fourth-order valence-corrected chi connectivity index (χ4v) is 5.98. The van der Waals surface area contributed by atoms with Gasteiger partial charge in [0.05, 0.1) is 18.4 Å². The van der Waals surface area contributed by atoms with Crippen molar-refractivity contribution < 1.29 is 18.7 Å². The van der Waals surface area contributed by atoms with Gasteiger partial charge in [-0.15, -0.1) is 0 Å². The lowest BCUT2D eigenvalue weighted by Gasteiger charge is -2.61. The van der Waals surface area contributed by atoms with Gasteiger partial charge < -0.3 is 9.15 Å². The quantitative estimate of drug-likeness (QED) is 0.720. The Kier molecular flexibility index (Phi) is 3.45. The SMILES string of the molecule is C[C@@H]1C(=O)CC[C@H]2[C@@]1(C)CC[C@H]1C(=O)O[C@H](c3ccoc3)C[C@]21C. The predicted molar refractivity (Wildman–Crippen MR) is 88.0 cm³/mol. The highest BCUT2D eigenvalue weighted by molar-refractivity contribution is 5.83. The van der Waals surface area contributed by atoms with Crippen molar-refractivity contribution >= 4 is 11.8 Å². The van der Waals surface area contributed by atoms with Gasteiger partial charge in [0, 0.05) is 17.9 Å². The summed E-state index contributed by atoms with van der Waals surface area (Å²) in [5, 5.41) is 0. The number of Topliss-reactive ketones (excluding diaryl/α,β-unsaturated/α-hetero) is 1. The molecule has 0 amide bonds. The first-order valence-corrected chi connectivity index (χ1v) is 9.11. The largest absolute Gasteiger partial charge is 0.472 e. The number of ketones is 1. The third-order valence-corrected chi connectivity index (χ3v) is 7.59. The highest BCUT2D eigenvalue weighted by atomic mass is 16.5. The first kappa shape index (κ1) is 15.9. The Hall–Kier alpha value is -1.58. The molecule has 0 spiro atoms. The van der Waals surface area contributed by atoms with E-state index in [0.717, 1.165) is 31.2 Å². The van der Waals surface area contributed by atoms with E-state index in [4.69, 9.17) is 9.15 Å². The number of carbonyl (C=O) groups is 2. The third-order valence-electron chi connectivity index (χ3n) is 7.59. The van der Waals surface area contributed by atoms with Crippen molar-refractivity contribution in [3.05, 3.63) is 24.2 Å². The first-order valence-electron chi connectivity index (χ1n) is 9.11. The monoisotopic (exact) mass is 330 g/mol. The lowest BCUT2D eigenvalue weighted by molar-refractivity contribution is -0.199. The summed E-state index contributed by atoms with van der Waals surface area (Å²) in [4.78, 5) is 25.1. The Labute approximate surface area is 142 Å². The molecule has 0 N–H and O–H groups in total. The molecule has 0 radical (unpaired) electrons. The molecule has 4 heteroatoms. The summed E-state index contributed by atoms with van der Waals surface area (Å²) in [5.74, 6) is 0.749. The Morgan fingerprint density at radius 2 is 1.96 bits per heavy atom. The minimum atomic E-state index is -0.229. The molecule has 0 unspecified atom stereocenters. The van der Waals surface area contributed by atoms with E-state index in [1.807, 2.05) is 6.07 Å². The molecule has 2 saturated carbocycles. The molecule has 1 aromatic rings. The number of hydrogen-bond donors (Lipinski definition) is 0. The first-order chi connectivity index (χ1) is 11.4. The summed E-state index contributed by atoms with van der Waals surface area (Å²) in [7, 11) is 0. The van der Waals surface area contributed by atoms with Gasteiger partial charge in [0.2, 0.25) is 0 Å². The second-order valence-corrected chi connectivity index (χ2v) is 8.57. The van der Waals surface area contributed by atoms with E-state index in [-0.39, 0.29) is 34.7 Å². The highest BCUT2D eigenvalue weighted by Gasteiger charge is 2.62. The molecular weight excluding hydrogens is 304 g/mol. The lowest BCUT2D eigenvalue weighted by Crippen LogP contribution is -2.58. The van der Waals surface area contributed by atoms with Gasteiger partial charge in [-0.2, -0.15) is 0 Å². The number of fused-ring (bicyclic) bond motifs is 3. The molecule has 130 valence electrons. The zero-order valence-electron chi connectivity index (χ0n) is 14.7. The summed E-state index contributed by atoms with van der Waals surface area (Å²) in [6, 6.07) is 1.89. The summed E-state index contributed by atoms with van der Waals surface area (Å²) < 4.78 is 11.0. The van der Waals surface area contributed by atoms with Crippen molar-refractivity contribution in [2.24, 2.45) is 28.6 Å². The highest BCUT2D eigenvalue weighted by Crippen LogP contribution is 2.65. The normalized spacial score (nSPS) is 45.3. The average Bonchev–Trinajstić information content (AvgIpc) is 3.05. The third kappa shape index (κ3) is 2.04. The van der Waals surface area contributed by atoms with Gasteiger partial charge >= 0.3 is 5.97 Å². The molecule has 6 atom stereocenters. The van der Waals surface area contributed by atoms with E-state index >= 15 is 0 Å². The minimum Gasteiger partial charge on any atom is -0.472 e. The molecule has 1 aliphatic heterocycles. The van der Waals surface area contributed by atoms with E-state index in [0.29, 0.717) is 18.1 Å². The standard InChI is InChI=1S/C20H26O4/c1-12-15(21)4-5-17-19(12,2)8-6-14-18(22)24-16(10-20(14,17)3)13-7-9-23-11-13/h7,9,11-12,14,16-17H,4-6,8,10H2,1-3H3/t12-,14+,16+,17+,19+,20+/m1/s1. The van der Waals surface area contributed by atoms with Crippen LogP contribution in [0.1, 0.15) is 64.5 Å².